The van der Waals surface area contributed by atoms with Gasteiger partial charge in [-0.05, 0) is 37.8 Å². The third-order valence-electron chi connectivity index (χ3n) is 3.94. The van der Waals surface area contributed by atoms with Crippen molar-refractivity contribution in [1.29, 1.82) is 0 Å². The molecule has 0 N–H and O–H groups in total. The first-order valence-corrected chi connectivity index (χ1v) is 7.78. The molecule has 0 aromatic heterocycles. The van der Waals surface area contributed by atoms with Crippen molar-refractivity contribution in [2.75, 3.05) is 6.54 Å². The van der Waals surface area contributed by atoms with Gasteiger partial charge in [0.05, 0.1) is 4.90 Å². The second-order valence-corrected chi connectivity index (χ2v) is 7.02. The van der Waals surface area contributed by atoms with E-state index in [4.69, 9.17) is 0 Å². The third-order valence-corrected chi connectivity index (χ3v) is 5.85. The van der Waals surface area contributed by atoms with Gasteiger partial charge in [-0.25, -0.2) is 8.42 Å². The van der Waals surface area contributed by atoms with Crippen molar-refractivity contribution in [3.8, 4) is 0 Å². The van der Waals surface area contributed by atoms with Crippen LogP contribution in [0.15, 0.2) is 41.3 Å². The first-order valence-electron chi connectivity index (χ1n) is 6.34. The van der Waals surface area contributed by atoms with E-state index in [1.807, 2.05) is 25.1 Å². The molecule has 3 rings (SSSR count). The van der Waals surface area contributed by atoms with Gasteiger partial charge in [-0.1, -0.05) is 29.8 Å². The Kier molecular flexibility index (Phi) is 2.79. The van der Waals surface area contributed by atoms with Crippen LogP contribution in [0, 0.1) is 12.8 Å². The fourth-order valence-corrected chi connectivity index (χ4v) is 4.54. The molecule has 1 saturated heterocycles. The number of aryl methyl sites for hydroxylation is 1. The van der Waals surface area contributed by atoms with Crippen molar-refractivity contribution in [2.45, 2.75) is 30.7 Å². The van der Waals surface area contributed by atoms with Gasteiger partial charge in [-0.3, -0.25) is 0 Å². The van der Waals surface area contributed by atoms with Gasteiger partial charge in [0.1, 0.15) is 0 Å². The van der Waals surface area contributed by atoms with Crippen molar-refractivity contribution in [3.63, 3.8) is 0 Å². The molecule has 0 spiro atoms. The van der Waals surface area contributed by atoms with Crippen LogP contribution in [0.4, 0.5) is 0 Å². The maximum atomic E-state index is 12.6. The minimum absolute atomic E-state index is 0.0799. The molecule has 1 aromatic carbocycles. The summed E-state index contributed by atoms with van der Waals surface area (Å²) in [5.41, 5.74) is 1.08. The van der Waals surface area contributed by atoms with Gasteiger partial charge in [-0.2, -0.15) is 4.31 Å². The van der Waals surface area contributed by atoms with Gasteiger partial charge in [0.25, 0.3) is 0 Å². The summed E-state index contributed by atoms with van der Waals surface area (Å²) in [5.74, 6) is 0.491. The van der Waals surface area contributed by atoms with Crippen LogP contribution in [-0.4, -0.2) is 25.3 Å². The molecule has 1 aromatic rings. The Hall–Kier alpha value is -1.13. The topological polar surface area (TPSA) is 37.4 Å². The van der Waals surface area contributed by atoms with Crippen molar-refractivity contribution in [1.82, 2.24) is 4.31 Å². The highest BCUT2D eigenvalue weighted by molar-refractivity contribution is 7.89. The molecule has 0 amide bonds. The predicted octanol–water partition coefficient (Wildman–Crippen LogP) is 2.33. The van der Waals surface area contributed by atoms with Crippen LogP contribution in [0.5, 0.6) is 0 Å². The van der Waals surface area contributed by atoms with E-state index >= 15 is 0 Å². The number of rotatable bonds is 2. The lowest BCUT2D eigenvalue weighted by atomic mass is 10.0. The standard InChI is InChI=1S/C14H17NO2S/c1-11-5-7-13(8-6-11)18(16,17)15-10-9-12-3-2-4-14(12)15/h2,4-8,12,14H,3,9-10H2,1H3/t12-,14-/m0/s1. The Morgan fingerprint density at radius 1 is 1.22 bits per heavy atom. The van der Waals surface area contributed by atoms with Crippen LogP contribution in [0.2, 0.25) is 0 Å². The largest absolute Gasteiger partial charge is 0.243 e. The van der Waals surface area contributed by atoms with Gasteiger partial charge in [0.2, 0.25) is 10.0 Å². The number of allylic oxidation sites excluding steroid dienone is 1. The summed E-state index contributed by atoms with van der Waals surface area (Å²) in [6.45, 7) is 2.61. The molecule has 0 bridgehead atoms. The minimum atomic E-state index is -3.33. The van der Waals surface area contributed by atoms with Crippen LogP contribution < -0.4 is 0 Å². The van der Waals surface area contributed by atoms with Crippen molar-refractivity contribution >= 4 is 10.0 Å². The normalized spacial score (nSPS) is 27.6. The van der Waals surface area contributed by atoms with E-state index in [1.54, 1.807) is 16.4 Å². The number of fused-ring (bicyclic) bond motifs is 1. The molecule has 4 heteroatoms. The minimum Gasteiger partial charge on any atom is -0.207 e. The van der Waals surface area contributed by atoms with Gasteiger partial charge in [-0.15, -0.1) is 0 Å². The summed E-state index contributed by atoms with van der Waals surface area (Å²) in [5, 5.41) is 0. The van der Waals surface area contributed by atoms with Gasteiger partial charge < -0.3 is 0 Å². The Balaban J connectivity index is 1.95. The molecule has 1 aliphatic heterocycles. The van der Waals surface area contributed by atoms with E-state index in [2.05, 4.69) is 6.08 Å². The van der Waals surface area contributed by atoms with Crippen LogP contribution >= 0.6 is 0 Å². The summed E-state index contributed by atoms with van der Waals surface area (Å²) >= 11 is 0. The monoisotopic (exact) mass is 263 g/mol. The van der Waals surface area contributed by atoms with Crippen LogP contribution in [0.25, 0.3) is 0 Å². The molecule has 0 unspecified atom stereocenters. The maximum Gasteiger partial charge on any atom is 0.243 e. The zero-order valence-electron chi connectivity index (χ0n) is 10.4. The third kappa shape index (κ3) is 1.80. The summed E-state index contributed by atoms with van der Waals surface area (Å²) in [7, 11) is -3.33. The number of nitrogens with zero attached hydrogens (tertiary/aromatic N) is 1. The van der Waals surface area contributed by atoms with Crippen LogP contribution in [0.3, 0.4) is 0 Å². The summed E-state index contributed by atoms with van der Waals surface area (Å²) in [4.78, 5) is 0.411. The molecule has 0 saturated carbocycles. The number of hydrogen-bond acceptors (Lipinski definition) is 2. The van der Waals surface area contributed by atoms with Crippen molar-refractivity contribution in [3.05, 3.63) is 42.0 Å². The van der Waals surface area contributed by atoms with Crippen molar-refractivity contribution in [2.24, 2.45) is 5.92 Å². The Morgan fingerprint density at radius 3 is 2.67 bits per heavy atom. The number of hydrogen-bond donors (Lipinski definition) is 0. The van der Waals surface area contributed by atoms with E-state index in [0.29, 0.717) is 17.4 Å². The van der Waals surface area contributed by atoms with E-state index in [-0.39, 0.29) is 6.04 Å². The van der Waals surface area contributed by atoms with Gasteiger partial charge >= 0.3 is 0 Å². The van der Waals surface area contributed by atoms with Gasteiger partial charge in [0, 0.05) is 12.6 Å². The fourth-order valence-electron chi connectivity index (χ4n) is 2.88. The number of benzene rings is 1. The highest BCUT2D eigenvalue weighted by atomic mass is 32.2. The molecule has 96 valence electrons. The smallest absolute Gasteiger partial charge is 0.207 e. The molecular weight excluding hydrogens is 246 g/mol. The first kappa shape index (κ1) is 11.9. The van der Waals surface area contributed by atoms with E-state index < -0.39 is 10.0 Å². The molecule has 0 radical (unpaired) electrons. The van der Waals surface area contributed by atoms with Crippen LogP contribution in [0.1, 0.15) is 18.4 Å². The quantitative estimate of drug-likeness (QED) is 0.768. The SMILES string of the molecule is Cc1ccc(S(=O)(=O)N2CC[C@@H]3CC=C[C@@H]32)cc1. The second-order valence-electron chi connectivity index (χ2n) is 5.13. The lowest BCUT2D eigenvalue weighted by Crippen LogP contribution is -2.35. The fraction of sp³-hybridized carbons (Fsp3) is 0.429. The second kappa shape index (κ2) is 4.21. The summed E-state index contributed by atoms with van der Waals surface area (Å²) in [6.07, 6.45) is 6.14. The Morgan fingerprint density at radius 2 is 1.94 bits per heavy atom. The van der Waals surface area contributed by atoms with Crippen molar-refractivity contribution < 1.29 is 8.42 Å². The molecule has 1 heterocycles. The first-order chi connectivity index (χ1) is 8.59. The molecule has 2 aliphatic rings. The van der Waals surface area contributed by atoms with Crippen LogP contribution in [-0.2, 0) is 10.0 Å². The maximum absolute atomic E-state index is 12.6. The zero-order chi connectivity index (χ0) is 12.8. The molecule has 2 atom stereocenters. The summed E-state index contributed by atoms with van der Waals surface area (Å²) in [6, 6.07) is 7.19. The molecular formula is C14H17NO2S. The van der Waals surface area contributed by atoms with E-state index in [9.17, 15) is 8.42 Å². The molecule has 18 heavy (non-hydrogen) atoms. The lowest BCUT2D eigenvalue weighted by Gasteiger charge is -2.22. The molecule has 1 fully saturated rings. The summed E-state index contributed by atoms with van der Waals surface area (Å²) < 4.78 is 26.8. The Bertz CT molecular complexity index is 574. The predicted molar refractivity (Wildman–Crippen MR) is 70.7 cm³/mol. The lowest BCUT2D eigenvalue weighted by molar-refractivity contribution is 0.405. The average Bonchev–Trinajstić information content (AvgIpc) is 2.90. The zero-order valence-corrected chi connectivity index (χ0v) is 11.2. The average molecular weight is 263 g/mol. The Labute approximate surface area is 108 Å². The van der Waals surface area contributed by atoms with Gasteiger partial charge in [0.15, 0.2) is 0 Å². The molecule has 1 aliphatic carbocycles. The molecule has 3 nitrogen and oxygen atoms in total. The highest BCUT2D eigenvalue weighted by Gasteiger charge is 2.41. The highest BCUT2D eigenvalue weighted by Crippen LogP contribution is 2.36. The van der Waals surface area contributed by atoms with E-state index in [1.165, 1.54) is 0 Å². The van der Waals surface area contributed by atoms with E-state index in [0.717, 1.165) is 18.4 Å². The number of sulfonamides is 1.